The molecule has 0 atom stereocenters. The Labute approximate surface area is 102 Å². The van der Waals surface area contributed by atoms with Crippen LogP contribution in [0.4, 0.5) is 0 Å². The van der Waals surface area contributed by atoms with E-state index in [9.17, 15) is 4.79 Å². The average Bonchev–Trinajstić information content (AvgIpc) is 2.40. The standard InChI is InChI=1S/C14H17NO2/c1-17-13-8-5-9-15-14(13)12(16)10-11-6-3-2-4-7-11/h5,8-10H,2-4,6-7H2,1H3. The molecule has 1 heterocycles. The Hall–Kier alpha value is -1.64. The van der Waals surface area contributed by atoms with E-state index in [0.29, 0.717) is 11.4 Å². The number of carbonyl (C=O) groups excluding carboxylic acids is 1. The number of rotatable bonds is 3. The van der Waals surface area contributed by atoms with Gasteiger partial charge in [0.05, 0.1) is 7.11 Å². The lowest BCUT2D eigenvalue weighted by molar-refractivity contribution is 0.103. The maximum Gasteiger partial charge on any atom is 0.207 e. The molecule has 90 valence electrons. The van der Waals surface area contributed by atoms with Crippen LogP contribution in [0.1, 0.15) is 42.6 Å². The molecule has 1 aliphatic rings. The van der Waals surface area contributed by atoms with Crippen molar-refractivity contribution >= 4 is 5.78 Å². The molecule has 0 bridgehead atoms. The van der Waals surface area contributed by atoms with E-state index >= 15 is 0 Å². The van der Waals surface area contributed by atoms with Crippen LogP contribution in [-0.4, -0.2) is 17.9 Å². The fourth-order valence-electron chi connectivity index (χ4n) is 2.14. The van der Waals surface area contributed by atoms with E-state index in [1.165, 1.54) is 24.8 Å². The van der Waals surface area contributed by atoms with Gasteiger partial charge in [-0.1, -0.05) is 12.0 Å². The van der Waals surface area contributed by atoms with Gasteiger partial charge >= 0.3 is 0 Å². The number of nitrogens with zero attached hydrogens (tertiary/aromatic N) is 1. The fraction of sp³-hybridized carbons (Fsp3) is 0.429. The van der Waals surface area contributed by atoms with Gasteiger partial charge in [-0.05, 0) is 43.9 Å². The van der Waals surface area contributed by atoms with Crippen molar-refractivity contribution in [3.8, 4) is 5.75 Å². The van der Waals surface area contributed by atoms with Crippen molar-refractivity contribution in [1.29, 1.82) is 0 Å². The molecule has 0 spiro atoms. The van der Waals surface area contributed by atoms with Crippen LogP contribution in [-0.2, 0) is 0 Å². The second kappa shape index (κ2) is 5.62. The summed E-state index contributed by atoms with van der Waals surface area (Å²) in [5.74, 6) is 0.504. The lowest BCUT2D eigenvalue weighted by atomic mass is 9.93. The number of methoxy groups -OCH3 is 1. The Bertz CT molecular complexity index is 430. The highest BCUT2D eigenvalue weighted by Crippen LogP contribution is 2.24. The van der Waals surface area contributed by atoms with Crippen molar-refractivity contribution in [2.24, 2.45) is 0 Å². The zero-order chi connectivity index (χ0) is 12.1. The molecule has 3 heteroatoms. The Morgan fingerprint density at radius 3 is 2.82 bits per heavy atom. The lowest BCUT2D eigenvalue weighted by Gasteiger charge is -2.13. The van der Waals surface area contributed by atoms with Crippen LogP contribution in [0, 0.1) is 0 Å². The number of carbonyl (C=O) groups is 1. The molecule has 0 N–H and O–H groups in total. The molecule has 0 aliphatic heterocycles. The predicted octanol–water partition coefficient (Wildman–Crippen LogP) is 3.16. The van der Waals surface area contributed by atoms with Crippen molar-refractivity contribution in [3.63, 3.8) is 0 Å². The van der Waals surface area contributed by atoms with E-state index in [2.05, 4.69) is 4.98 Å². The minimum Gasteiger partial charge on any atom is -0.494 e. The third-order valence-electron chi connectivity index (χ3n) is 3.06. The first kappa shape index (κ1) is 11.8. The van der Waals surface area contributed by atoms with Crippen LogP contribution in [0.2, 0.25) is 0 Å². The summed E-state index contributed by atoms with van der Waals surface area (Å²) in [6.45, 7) is 0. The normalized spacial score (nSPS) is 15.5. The van der Waals surface area contributed by atoms with Crippen LogP contribution in [0.15, 0.2) is 30.0 Å². The summed E-state index contributed by atoms with van der Waals surface area (Å²) in [4.78, 5) is 16.2. The predicted molar refractivity (Wildman–Crippen MR) is 66.3 cm³/mol. The van der Waals surface area contributed by atoms with Gasteiger partial charge in [-0.15, -0.1) is 0 Å². The quantitative estimate of drug-likeness (QED) is 0.592. The molecule has 1 aliphatic carbocycles. The molecule has 0 saturated heterocycles. The molecule has 0 amide bonds. The molecule has 1 aromatic heterocycles. The zero-order valence-electron chi connectivity index (χ0n) is 10.1. The first-order valence-corrected chi connectivity index (χ1v) is 6.04. The second-order valence-electron chi connectivity index (χ2n) is 4.28. The minimum atomic E-state index is -0.0423. The number of allylic oxidation sites excluding steroid dienone is 2. The van der Waals surface area contributed by atoms with Crippen LogP contribution in [0.3, 0.4) is 0 Å². The molecule has 3 nitrogen and oxygen atoms in total. The van der Waals surface area contributed by atoms with Crippen LogP contribution >= 0.6 is 0 Å². The van der Waals surface area contributed by atoms with Gasteiger partial charge in [-0.2, -0.15) is 0 Å². The fourth-order valence-corrected chi connectivity index (χ4v) is 2.14. The Kier molecular flexibility index (Phi) is 3.91. The smallest absolute Gasteiger partial charge is 0.207 e. The summed E-state index contributed by atoms with van der Waals surface area (Å²) in [6, 6.07) is 3.53. The maximum absolute atomic E-state index is 12.1. The van der Waals surface area contributed by atoms with Gasteiger partial charge in [0.15, 0.2) is 5.69 Å². The Morgan fingerprint density at radius 2 is 2.12 bits per heavy atom. The number of ether oxygens (including phenoxy) is 1. The summed E-state index contributed by atoms with van der Waals surface area (Å²) >= 11 is 0. The van der Waals surface area contributed by atoms with E-state index in [0.717, 1.165) is 12.8 Å². The first-order chi connectivity index (χ1) is 8.31. The van der Waals surface area contributed by atoms with E-state index in [-0.39, 0.29) is 5.78 Å². The molecular formula is C14H17NO2. The summed E-state index contributed by atoms with van der Waals surface area (Å²) in [6.07, 6.45) is 9.11. The number of aromatic nitrogens is 1. The summed E-state index contributed by atoms with van der Waals surface area (Å²) in [5, 5.41) is 0. The second-order valence-corrected chi connectivity index (χ2v) is 4.28. The highest BCUT2D eigenvalue weighted by Gasteiger charge is 2.13. The molecule has 0 aromatic carbocycles. The van der Waals surface area contributed by atoms with Crippen LogP contribution in [0.5, 0.6) is 5.75 Å². The number of pyridine rings is 1. The third-order valence-corrected chi connectivity index (χ3v) is 3.06. The third kappa shape index (κ3) is 2.93. The van der Waals surface area contributed by atoms with Gasteiger partial charge in [-0.25, -0.2) is 4.98 Å². The van der Waals surface area contributed by atoms with Gasteiger partial charge in [-0.3, -0.25) is 4.79 Å². The van der Waals surface area contributed by atoms with Crippen LogP contribution in [0.25, 0.3) is 0 Å². The SMILES string of the molecule is COc1cccnc1C(=O)C=C1CCCCC1. The molecule has 1 fully saturated rings. The van der Waals surface area contributed by atoms with Gasteiger partial charge in [0.1, 0.15) is 5.75 Å². The topological polar surface area (TPSA) is 39.2 Å². The lowest BCUT2D eigenvalue weighted by Crippen LogP contribution is -2.04. The number of hydrogen-bond donors (Lipinski definition) is 0. The van der Waals surface area contributed by atoms with E-state index in [4.69, 9.17) is 4.74 Å². The van der Waals surface area contributed by atoms with Crippen molar-refractivity contribution in [2.75, 3.05) is 7.11 Å². The van der Waals surface area contributed by atoms with Gasteiger partial charge in [0.2, 0.25) is 5.78 Å². The van der Waals surface area contributed by atoms with Crippen molar-refractivity contribution < 1.29 is 9.53 Å². The monoisotopic (exact) mass is 231 g/mol. The molecular weight excluding hydrogens is 214 g/mol. The Morgan fingerprint density at radius 1 is 1.35 bits per heavy atom. The minimum absolute atomic E-state index is 0.0423. The van der Waals surface area contributed by atoms with Gasteiger partial charge < -0.3 is 4.74 Å². The van der Waals surface area contributed by atoms with E-state index in [1.807, 2.05) is 0 Å². The number of hydrogen-bond acceptors (Lipinski definition) is 3. The van der Waals surface area contributed by atoms with E-state index < -0.39 is 0 Å². The first-order valence-electron chi connectivity index (χ1n) is 6.04. The molecule has 0 radical (unpaired) electrons. The van der Waals surface area contributed by atoms with Gasteiger partial charge in [0, 0.05) is 6.20 Å². The molecule has 17 heavy (non-hydrogen) atoms. The van der Waals surface area contributed by atoms with Crippen molar-refractivity contribution in [1.82, 2.24) is 4.98 Å². The average molecular weight is 231 g/mol. The van der Waals surface area contributed by atoms with Crippen molar-refractivity contribution in [2.45, 2.75) is 32.1 Å². The van der Waals surface area contributed by atoms with E-state index in [1.54, 1.807) is 31.5 Å². The van der Waals surface area contributed by atoms with Gasteiger partial charge in [0.25, 0.3) is 0 Å². The number of ketones is 1. The van der Waals surface area contributed by atoms with Crippen LogP contribution < -0.4 is 4.74 Å². The molecule has 1 aromatic rings. The Balaban J connectivity index is 2.18. The molecule has 1 saturated carbocycles. The summed E-state index contributed by atoms with van der Waals surface area (Å²) in [5.41, 5.74) is 1.65. The summed E-state index contributed by atoms with van der Waals surface area (Å²) < 4.78 is 5.14. The molecule has 0 unspecified atom stereocenters. The molecule has 2 rings (SSSR count). The largest absolute Gasteiger partial charge is 0.494 e. The zero-order valence-corrected chi connectivity index (χ0v) is 10.1. The summed E-state index contributed by atoms with van der Waals surface area (Å²) in [7, 11) is 1.56. The van der Waals surface area contributed by atoms with Crippen molar-refractivity contribution in [3.05, 3.63) is 35.7 Å². The maximum atomic E-state index is 12.1. The highest BCUT2D eigenvalue weighted by molar-refractivity contribution is 6.05. The highest BCUT2D eigenvalue weighted by atomic mass is 16.5.